The van der Waals surface area contributed by atoms with Crippen LogP contribution in [0.15, 0.2) is 29.9 Å². The zero-order valence-electron chi connectivity index (χ0n) is 9.03. The average molecular weight is 221 g/mol. The molecule has 0 aliphatic heterocycles. The van der Waals surface area contributed by atoms with Crippen molar-refractivity contribution in [3.8, 4) is 0 Å². The zero-order chi connectivity index (χ0) is 11.3. The second kappa shape index (κ2) is 5.56. The molecule has 0 spiro atoms. The molecular formula is C11H15N3S. The van der Waals surface area contributed by atoms with Crippen molar-refractivity contribution >= 4 is 22.6 Å². The van der Waals surface area contributed by atoms with Gasteiger partial charge >= 0.3 is 0 Å². The number of rotatable bonds is 3. The summed E-state index contributed by atoms with van der Waals surface area (Å²) in [5.41, 5.74) is 8.22. The highest BCUT2D eigenvalue weighted by Gasteiger charge is 1.99. The molecule has 0 saturated heterocycles. The Morgan fingerprint density at radius 2 is 2.33 bits per heavy atom. The van der Waals surface area contributed by atoms with Gasteiger partial charge < -0.3 is 5.73 Å². The molecule has 0 aliphatic carbocycles. The monoisotopic (exact) mass is 221 g/mol. The van der Waals surface area contributed by atoms with Gasteiger partial charge in [0, 0.05) is 17.5 Å². The summed E-state index contributed by atoms with van der Waals surface area (Å²) in [7, 11) is 0. The summed E-state index contributed by atoms with van der Waals surface area (Å²) < 4.78 is 0. The fourth-order valence-electron chi connectivity index (χ4n) is 1.05. The van der Waals surface area contributed by atoms with E-state index >= 15 is 0 Å². The number of nitrogens with zero attached hydrogens (tertiary/aromatic N) is 2. The molecule has 0 fully saturated rings. The molecule has 2 N–H and O–H groups in total. The minimum Gasteiger partial charge on any atom is -0.378 e. The van der Waals surface area contributed by atoms with Gasteiger partial charge in [-0.3, -0.25) is 4.98 Å². The van der Waals surface area contributed by atoms with Crippen molar-refractivity contribution in [1.82, 2.24) is 4.98 Å². The molecule has 1 aromatic rings. The molecule has 1 aromatic heterocycles. The van der Waals surface area contributed by atoms with Gasteiger partial charge in [-0.25, -0.2) is 4.99 Å². The number of nitrogens with two attached hydrogens (primary N) is 1. The molecule has 15 heavy (non-hydrogen) atoms. The standard InChI is InChI=1S/C11H15N3S/c1-4-10-6-5-9(7-13-10)8(2)14-11(12)15-3/h5-7H,2,4H2,1,3H3,(H2,12,14). The topological polar surface area (TPSA) is 51.3 Å². The average Bonchev–Trinajstić information content (AvgIpc) is 2.29. The molecule has 0 atom stereocenters. The molecule has 0 amide bonds. The number of aliphatic imine (C=N–C) groups is 1. The Morgan fingerprint density at radius 1 is 1.60 bits per heavy atom. The molecule has 4 heteroatoms. The van der Waals surface area contributed by atoms with E-state index in [2.05, 4.69) is 23.5 Å². The van der Waals surface area contributed by atoms with Crippen molar-refractivity contribution < 1.29 is 0 Å². The lowest BCUT2D eigenvalue weighted by Gasteiger charge is -2.02. The Kier molecular flexibility index (Phi) is 4.37. The van der Waals surface area contributed by atoms with Gasteiger partial charge in [-0.15, -0.1) is 0 Å². The number of hydrogen-bond donors (Lipinski definition) is 1. The molecule has 0 unspecified atom stereocenters. The maximum atomic E-state index is 5.60. The zero-order valence-corrected chi connectivity index (χ0v) is 9.84. The van der Waals surface area contributed by atoms with Crippen LogP contribution in [0.2, 0.25) is 0 Å². The van der Waals surface area contributed by atoms with Gasteiger partial charge in [0.25, 0.3) is 0 Å². The fraction of sp³-hybridized carbons (Fsp3) is 0.273. The predicted octanol–water partition coefficient (Wildman–Crippen LogP) is 2.29. The second-order valence-electron chi connectivity index (χ2n) is 2.99. The van der Waals surface area contributed by atoms with Crippen molar-refractivity contribution in [1.29, 1.82) is 0 Å². The molecule has 0 aromatic carbocycles. The first-order valence-electron chi connectivity index (χ1n) is 4.69. The highest BCUT2D eigenvalue weighted by Crippen LogP contribution is 2.14. The van der Waals surface area contributed by atoms with Crippen LogP contribution in [0, 0.1) is 0 Å². The maximum absolute atomic E-state index is 5.60. The third-order valence-corrected chi connectivity index (χ3v) is 2.48. The van der Waals surface area contributed by atoms with E-state index in [0.29, 0.717) is 10.9 Å². The van der Waals surface area contributed by atoms with Gasteiger partial charge in [-0.1, -0.05) is 25.3 Å². The van der Waals surface area contributed by atoms with Crippen molar-refractivity contribution in [3.05, 3.63) is 36.2 Å². The minimum atomic E-state index is 0.513. The first-order valence-corrected chi connectivity index (χ1v) is 5.92. The summed E-state index contributed by atoms with van der Waals surface area (Å²) in [5.74, 6) is 0. The van der Waals surface area contributed by atoms with Gasteiger partial charge in [0.15, 0.2) is 5.17 Å². The quantitative estimate of drug-likeness (QED) is 0.629. The number of thioether (sulfide) groups is 1. The van der Waals surface area contributed by atoms with E-state index in [9.17, 15) is 0 Å². The molecule has 3 nitrogen and oxygen atoms in total. The Hall–Kier alpha value is -1.29. The largest absolute Gasteiger partial charge is 0.378 e. The van der Waals surface area contributed by atoms with E-state index in [1.165, 1.54) is 11.8 Å². The summed E-state index contributed by atoms with van der Waals surface area (Å²) in [5, 5.41) is 0.513. The number of aryl methyl sites for hydroxylation is 1. The Morgan fingerprint density at radius 3 is 2.80 bits per heavy atom. The summed E-state index contributed by atoms with van der Waals surface area (Å²) in [4.78, 5) is 8.42. The van der Waals surface area contributed by atoms with Crippen molar-refractivity contribution in [3.63, 3.8) is 0 Å². The summed E-state index contributed by atoms with van der Waals surface area (Å²) in [6.07, 6.45) is 4.59. The summed E-state index contributed by atoms with van der Waals surface area (Å²) in [6, 6.07) is 3.94. The molecule has 1 rings (SSSR count). The van der Waals surface area contributed by atoms with Crippen LogP contribution in [0.3, 0.4) is 0 Å². The van der Waals surface area contributed by atoms with E-state index in [1.807, 2.05) is 18.4 Å². The van der Waals surface area contributed by atoms with Crippen LogP contribution in [0.1, 0.15) is 18.2 Å². The van der Waals surface area contributed by atoms with E-state index in [4.69, 9.17) is 5.73 Å². The van der Waals surface area contributed by atoms with Crippen LogP contribution in [-0.4, -0.2) is 16.4 Å². The molecule has 0 saturated carbocycles. The van der Waals surface area contributed by atoms with E-state index in [1.54, 1.807) is 6.20 Å². The highest BCUT2D eigenvalue weighted by molar-refractivity contribution is 8.13. The fourth-order valence-corrected chi connectivity index (χ4v) is 1.25. The van der Waals surface area contributed by atoms with Crippen LogP contribution < -0.4 is 5.73 Å². The highest BCUT2D eigenvalue weighted by atomic mass is 32.2. The van der Waals surface area contributed by atoms with Gasteiger partial charge in [0.05, 0.1) is 5.70 Å². The van der Waals surface area contributed by atoms with Crippen LogP contribution in [-0.2, 0) is 6.42 Å². The Balaban J connectivity index is 2.83. The smallest absolute Gasteiger partial charge is 0.158 e. The molecule has 0 bridgehead atoms. The molecular weight excluding hydrogens is 206 g/mol. The maximum Gasteiger partial charge on any atom is 0.158 e. The lowest BCUT2D eigenvalue weighted by molar-refractivity contribution is 1.03. The van der Waals surface area contributed by atoms with Gasteiger partial charge in [0.1, 0.15) is 0 Å². The molecule has 1 heterocycles. The number of pyridine rings is 1. The van der Waals surface area contributed by atoms with Crippen LogP contribution in [0.4, 0.5) is 0 Å². The number of amidine groups is 1. The van der Waals surface area contributed by atoms with Gasteiger partial charge in [-0.2, -0.15) is 0 Å². The first kappa shape index (κ1) is 11.8. The lowest BCUT2D eigenvalue weighted by Crippen LogP contribution is -2.05. The second-order valence-corrected chi connectivity index (χ2v) is 3.82. The van der Waals surface area contributed by atoms with Crippen molar-refractivity contribution in [2.24, 2.45) is 10.7 Å². The number of hydrogen-bond acceptors (Lipinski definition) is 3. The minimum absolute atomic E-state index is 0.513. The summed E-state index contributed by atoms with van der Waals surface area (Å²) in [6.45, 7) is 5.92. The van der Waals surface area contributed by atoms with E-state index in [0.717, 1.165) is 17.7 Å². The van der Waals surface area contributed by atoms with Crippen LogP contribution >= 0.6 is 11.8 Å². The van der Waals surface area contributed by atoms with Crippen molar-refractivity contribution in [2.45, 2.75) is 13.3 Å². The van der Waals surface area contributed by atoms with Crippen LogP contribution in [0.25, 0.3) is 5.70 Å². The van der Waals surface area contributed by atoms with Gasteiger partial charge in [0.2, 0.25) is 0 Å². The van der Waals surface area contributed by atoms with Gasteiger partial charge in [-0.05, 0) is 24.8 Å². The van der Waals surface area contributed by atoms with Crippen molar-refractivity contribution in [2.75, 3.05) is 6.26 Å². The van der Waals surface area contributed by atoms with E-state index < -0.39 is 0 Å². The van der Waals surface area contributed by atoms with Crippen LogP contribution in [0.5, 0.6) is 0 Å². The summed E-state index contributed by atoms with van der Waals surface area (Å²) >= 11 is 1.40. The Labute approximate surface area is 94.5 Å². The molecule has 80 valence electrons. The Bertz CT molecular complexity index is 368. The number of aromatic nitrogens is 1. The SMILES string of the molecule is C=C(/N=C(/N)SC)c1ccc(CC)nc1. The third-order valence-electron chi connectivity index (χ3n) is 1.97. The lowest BCUT2D eigenvalue weighted by atomic mass is 10.2. The molecule has 0 aliphatic rings. The first-order chi connectivity index (χ1) is 7.17. The molecule has 0 radical (unpaired) electrons. The van der Waals surface area contributed by atoms with E-state index in [-0.39, 0.29) is 0 Å². The third kappa shape index (κ3) is 3.40. The predicted molar refractivity (Wildman–Crippen MR) is 67.8 cm³/mol. The normalized spacial score (nSPS) is 11.5.